The van der Waals surface area contributed by atoms with Crippen LogP contribution in [0.2, 0.25) is 0 Å². The second-order valence-electron chi connectivity index (χ2n) is 12.6. The number of azo groups is 2. The van der Waals surface area contributed by atoms with E-state index in [0.29, 0.717) is 22.6 Å². The molecular weight excluding hydrogens is 829 g/mol. The van der Waals surface area contributed by atoms with Crippen LogP contribution in [-0.4, -0.2) is 128 Å². The Morgan fingerprint density at radius 2 is 1.23 bits per heavy atom. The van der Waals surface area contributed by atoms with Crippen LogP contribution in [-0.2, 0) is 19.7 Å². The maximum atomic E-state index is 12.9. The third-order valence-electron chi connectivity index (χ3n) is 8.61. The van der Waals surface area contributed by atoms with Crippen LogP contribution in [0.4, 0.5) is 39.8 Å². The molecule has 296 valence electrons. The number of nitrogens with zero attached hydrogens (tertiary/aromatic N) is 8. The van der Waals surface area contributed by atoms with Crippen LogP contribution in [0.15, 0.2) is 168 Å². The van der Waals surface area contributed by atoms with Gasteiger partial charge in [-0.05, 0) is 115 Å². The number of phenols is 1. The van der Waals surface area contributed by atoms with E-state index in [4.69, 9.17) is 5.73 Å². The van der Waals surface area contributed by atoms with Crippen LogP contribution in [0, 0.1) is 0 Å². The number of hydrogen-bond acceptors (Lipinski definition) is 13. The maximum Gasteiger partial charge on any atom is 0.355 e. The number of nitrogen functional groups attached to an aromatic ring is 1. The van der Waals surface area contributed by atoms with Gasteiger partial charge in [-0.2, -0.15) is 33.9 Å². The average molecular weight is 858 g/mol. The number of para-hydroxylation sites is 1. The Balaban J connectivity index is 0.00000352. The summed E-state index contributed by atoms with van der Waals surface area (Å²) < 4.78 is 34.8. The minimum absolute atomic E-state index is 0. The van der Waals surface area contributed by atoms with Crippen molar-refractivity contribution in [2.24, 2.45) is 35.5 Å². The Bertz CT molecular complexity index is 2900. The first-order chi connectivity index (χ1) is 28.2. The molecule has 1 atom stereocenters. The number of fused-ring (bicyclic) bond motifs is 1. The summed E-state index contributed by atoms with van der Waals surface area (Å²) in [5.41, 5.74) is 7.18. The van der Waals surface area contributed by atoms with Gasteiger partial charge in [0, 0.05) is 81.3 Å². The molecule has 6 aromatic rings. The van der Waals surface area contributed by atoms with E-state index in [-0.39, 0.29) is 104 Å². The summed E-state index contributed by atoms with van der Waals surface area (Å²) in [7, 11) is -4.92. The molecule has 18 nitrogen and oxygen atoms in total. The van der Waals surface area contributed by atoms with Crippen LogP contribution < -0.4 is 10.7 Å². The number of aliphatic hydroxyl groups is 2. The second-order valence-corrected chi connectivity index (χ2v) is 14.0. The molecule has 21 heteroatoms. The average Bonchev–Trinajstić information content (AvgIpc) is 3.56. The van der Waals surface area contributed by atoms with Crippen LogP contribution in [0.1, 0.15) is 11.1 Å². The standard InChI is InChI=1S/C40H29N9O9S.2Na/c41-25-10-6-22(7-11-25)38(52)43-29-18-19-31-24(20-29)21-32(59(56,57)58)33(36(31)50)46-44-27-12-8-23(9-13-27)37(51)42-26-14-16-28(17-15-26)45-47-34-35(40(54)55)48-49(39(34)53)30-4-2-1-3-5-30;;/h1-21,34,50H,41H2,(H,42,51)(H,43,52)(H,54,55)(H,56,57,58);;. The molecule has 1 heterocycles. The Hall–Kier alpha value is -6.16. The van der Waals surface area contributed by atoms with Gasteiger partial charge in [0.25, 0.3) is 16.0 Å². The number of rotatable bonds is 11. The predicted octanol–water partition coefficient (Wildman–Crippen LogP) is 7.24. The summed E-state index contributed by atoms with van der Waals surface area (Å²) >= 11 is 0. The van der Waals surface area contributed by atoms with E-state index in [9.17, 15) is 43.0 Å². The van der Waals surface area contributed by atoms with Gasteiger partial charge in [-0.15, -0.1) is 5.11 Å². The fourth-order valence-corrected chi connectivity index (χ4v) is 6.33. The molecule has 7 N–H and O–H groups in total. The third-order valence-corrected chi connectivity index (χ3v) is 9.48. The number of phenolic OH excluding ortho intramolecular Hbond substituents is 1. The molecule has 6 aromatic carbocycles. The third kappa shape index (κ3) is 10.6. The van der Waals surface area contributed by atoms with Crippen LogP contribution in [0.3, 0.4) is 0 Å². The number of carbonyl (C=O) groups excluding carboxylic acids is 1. The SMILES string of the molecule is Nc1ccc(C(O)=Nc2ccc3c(O)c(N=Nc4ccc(C(O)=Nc5ccc(N=NC6C(=O)N(c7ccccc7)N=C6C(=O)O)cc5)cc4)c(S(=O)(=O)O)cc3c2)cc1.[Na].[Na]. The minimum Gasteiger partial charge on any atom is -0.505 e. The van der Waals surface area contributed by atoms with Gasteiger partial charge in [0.1, 0.15) is 10.6 Å². The van der Waals surface area contributed by atoms with E-state index < -0.39 is 50.1 Å². The number of carbonyl (C=O) groups is 2. The van der Waals surface area contributed by atoms with E-state index >= 15 is 0 Å². The number of aliphatic hydroxyl groups excluding tert-OH is 2. The zero-order valence-electron chi connectivity index (χ0n) is 32.1. The number of hydrazone groups is 1. The monoisotopic (exact) mass is 857 g/mol. The second kappa shape index (κ2) is 19.5. The van der Waals surface area contributed by atoms with Crippen molar-refractivity contribution in [3.05, 3.63) is 139 Å². The first kappa shape index (κ1) is 45.9. The van der Waals surface area contributed by atoms with Gasteiger partial charge in [0.2, 0.25) is 17.8 Å². The Kier molecular flexibility index (Phi) is 14.7. The number of carboxylic acid groups (broad SMARTS) is 1. The normalized spacial score (nSPS) is 14.6. The van der Waals surface area contributed by atoms with Crippen molar-refractivity contribution < 1.29 is 43.0 Å². The largest absolute Gasteiger partial charge is 0.505 e. The molecule has 7 rings (SSSR count). The van der Waals surface area contributed by atoms with Crippen molar-refractivity contribution >= 4 is 149 Å². The van der Waals surface area contributed by atoms with E-state index in [1.54, 1.807) is 54.6 Å². The fraction of sp³-hybridized carbons (Fsp3) is 0.0250. The Morgan fingerprint density at radius 3 is 1.84 bits per heavy atom. The number of amides is 1. The molecule has 2 radical (unpaired) electrons. The van der Waals surface area contributed by atoms with E-state index in [0.717, 1.165) is 11.1 Å². The van der Waals surface area contributed by atoms with Gasteiger partial charge in [0.05, 0.1) is 28.4 Å². The maximum absolute atomic E-state index is 12.9. The van der Waals surface area contributed by atoms with Crippen LogP contribution >= 0.6 is 0 Å². The molecule has 61 heavy (non-hydrogen) atoms. The first-order valence-corrected chi connectivity index (χ1v) is 18.6. The van der Waals surface area contributed by atoms with Crippen molar-refractivity contribution in [1.29, 1.82) is 0 Å². The van der Waals surface area contributed by atoms with Crippen molar-refractivity contribution in [2.75, 3.05) is 10.7 Å². The Morgan fingerprint density at radius 1 is 0.689 bits per heavy atom. The number of aliphatic carboxylic acids is 1. The molecule has 1 amide bonds. The number of benzene rings is 6. The van der Waals surface area contributed by atoms with Crippen LogP contribution in [0.25, 0.3) is 10.8 Å². The number of hydrogen-bond donors (Lipinski definition) is 6. The summed E-state index contributed by atoms with van der Waals surface area (Å²) in [5.74, 6) is -3.40. The smallest absolute Gasteiger partial charge is 0.355 e. The molecule has 1 aliphatic rings. The van der Waals surface area contributed by atoms with Gasteiger partial charge in [-0.3, -0.25) is 9.35 Å². The number of anilines is 2. The molecule has 1 aliphatic heterocycles. The van der Waals surface area contributed by atoms with E-state index in [2.05, 4.69) is 35.5 Å². The molecule has 0 fully saturated rings. The molecule has 1 unspecified atom stereocenters. The Labute approximate surface area is 390 Å². The summed E-state index contributed by atoms with van der Waals surface area (Å²) in [4.78, 5) is 32.3. The van der Waals surface area contributed by atoms with Crippen LogP contribution in [0.5, 0.6) is 5.75 Å². The summed E-state index contributed by atoms with van der Waals surface area (Å²) in [5, 5.41) is 62.9. The van der Waals surface area contributed by atoms with Crippen molar-refractivity contribution in [1.82, 2.24) is 0 Å². The van der Waals surface area contributed by atoms with Gasteiger partial charge in [0.15, 0.2) is 11.5 Å². The minimum atomic E-state index is -4.92. The quantitative estimate of drug-likeness (QED) is 0.0190. The van der Waals surface area contributed by atoms with Gasteiger partial charge >= 0.3 is 5.97 Å². The van der Waals surface area contributed by atoms with Crippen molar-refractivity contribution in [3.8, 4) is 5.75 Å². The number of aliphatic imine (C=N–C) groups is 2. The molecule has 0 saturated heterocycles. The number of aromatic hydroxyl groups is 1. The molecule has 0 aromatic heterocycles. The summed E-state index contributed by atoms with van der Waals surface area (Å²) in [6, 6.07) is 30.4. The topological polar surface area (TPSA) is 285 Å². The molecule has 0 bridgehead atoms. The van der Waals surface area contributed by atoms with Crippen molar-refractivity contribution in [2.45, 2.75) is 10.9 Å². The van der Waals surface area contributed by atoms with E-state index in [1.165, 1.54) is 66.7 Å². The zero-order chi connectivity index (χ0) is 41.8. The molecule has 0 saturated carbocycles. The first-order valence-electron chi connectivity index (χ1n) is 17.2. The zero-order valence-corrected chi connectivity index (χ0v) is 37.0. The van der Waals surface area contributed by atoms with Gasteiger partial charge in [-0.25, -0.2) is 14.8 Å². The predicted molar refractivity (Wildman–Crippen MR) is 230 cm³/mol. The summed E-state index contributed by atoms with van der Waals surface area (Å²) in [6.45, 7) is 0. The molecule has 0 spiro atoms. The fourth-order valence-electron chi connectivity index (χ4n) is 5.67. The molecular formula is C40H29N9Na2O9S. The number of nitrogens with two attached hydrogens (primary N) is 1. The summed E-state index contributed by atoms with van der Waals surface area (Å²) in [6.07, 6.45) is 0. The van der Waals surface area contributed by atoms with Gasteiger partial charge in [-0.1, -0.05) is 18.2 Å². The van der Waals surface area contributed by atoms with E-state index in [1.807, 2.05) is 0 Å². The van der Waals surface area contributed by atoms with Crippen molar-refractivity contribution in [3.63, 3.8) is 0 Å². The molecule has 0 aliphatic carbocycles. The number of carboxylic acids is 1. The van der Waals surface area contributed by atoms with Gasteiger partial charge < -0.3 is 26.2 Å².